The van der Waals surface area contributed by atoms with E-state index in [-0.39, 0.29) is 11.7 Å². The number of nitro groups is 1. The number of anilines is 1. The van der Waals surface area contributed by atoms with Crippen molar-refractivity contribution in [1.29, 1.82) is 0 Å². The summed E-state index contributed by atoms with van der Waals surface area (Å²) in [4.78, 5) is 20.4. The van der Waals surface area contributed by atoms with Gasteiger partial charge in [-0.25, -0.2) is 4.98 Å². The molecular weight excluding hydrogens is 244 g/mol. The number of nitrogens with zero attached hydrogens (tertiary/aromatic N) is 4. The van der Waals surface area contributed by atoms with Gasteiger partial charge in [-0.1, -0.05) is 6.07 Å². The van der Waals surface area contributed by atoms with E-state index in [1.807, 2.05) is 37.1 Å². The van der Waals surface area contributed by atoms with E-state index in [0.29, 0.717) is 5.82 Å². The maximum Gasteiger partial charge on any atom is 0.287 e. The highest BCUT2D eigenvalue weighted by Crippen LogP contribution is 2.23. The summed E-state index contributed by atoms with van der Waals surface area (Å²) in [6.45, 7) is 2.01. The molecular formula is C13H14N4O2. The van der Waals surface area contributed by atoms with Crippen molar-refractivity contribution in [3.8, 4) is 0 Å². The van der Waals surface area contributed by atoms with Crippen molar-refractivity contribution in [2.24, 2.45) is 0 Å². The summed E-state index contributed by atoms with van der Waals surface area (Å²) < 4.78 is 0. The second-order valence-corrected chi connectivity index (χ2v) is 4.17. The number of pyridine rings is 2. The highest BCUT2D eigenvalue weighted by Gasteiger charge is 2.15. The molecule has 0 saturated heterocycles. The van der Waals surface area contributed by atoms with Gasteiger partial charge in [-0.3, -0.25) is 15.1 Å². The Hall–Kier alpha value is -2.50. The molecule has 6 heteroatoms. The third kappa shape index (κ3) is 2.85. The van der Waals surface area contributed by atoms with E-state index >= 15 is 0 Å². The zero-order chi connectivity index (χ0) is 13.8. The second-order valence-electron chi connectivity index (χ2n) is 4.17. The number of hydrogen-bond donors (Lipinski definition) is 0. The average molecular weight is 258 g/mol. The molecule has 98 valence electrons. The fourth-order valence-electron chi connectivity index (χ4n) is 1.71. The molecule has 0 amide bonds. The molecule has 19 heavy (non-hydrogen) atoms. The van der Waals surface area contributed by atoms with Crippen LogP contribution in [0.2, 0.25) is 0 Å². The summed E-state index contributed by atoms with van der Waals surface area (Å²) in [5, 5.41) is 10.6. The van der Waals surface area contributed by atoms with E-state index < -0.39 is 4.92 Å². The van der Waals surface area contributed by atoms with Gasteiger partial charge in [0.2, 0.25) is 0 Å². The van der Waals surface area contributed by atoms with Crippen LogP contribution in [0.4, 0.5) is 11.5 Å². The quantitative estimate of drug-likeness (QED) is 0.622. The predicted octanol–water partition coefficient (Wildman–Crippen LogP) is 2.58. The van der Waals surface area contributed by atoms with Crippen molar-refractivity contribution in [2.75, 3.05) is 11.9 Å². The standard InChI is InChI=1S/C13H14N4O2/c1-10(12-5-3-4-8-14-12)16(2)13-7-6-11(9-15-13)17(18)19/h3-10H,1-2H3. The van der Waals surface area contributed by atoms with Gasteiger partial charge in [0.15, 0.2) is 0 Å². The molecule has 2 rings (SSSR count). The van der Waals surface area contributed by atoms with Crippen LogP contribution in [0.1, 0.15) is 18.7 Å². The molecule has 1 unspecified atom stereocenters. The van der Waals surface area contributed by atoms with Gasteiger partial charge in [0.05, 0.1) is 16.7 Å². The molecule has 0 saturated carbocycles. The first-order valence-corrected chi connectivity index (χ1v) is 5.84. The number of rotatable bonds is 4. The van der Waals surface area contributed by atoms with Gasteiger partial charge >= 0.3 is 0 Å². The van der Waals surface area contributed by atoms with Crippen LogP contribution in [0.15, 0.2) is 42.7 Å². The molecule has 0 radical (unpaired) electrons. The molecule has 0 aromatic carbocycles. The van der Waals surface area contributed by atoms with Crippen molar-refractivity contribution in [3.63, 3.8) is 0 Å². The fraction of sp³-hybridized carbons (Fsp3) is 0.231. The lowest BCUT2D eigenvalue weighted by Gasteiger charge is -2.25. The van der Waals surface area contributed by atoms with Crippen LogP contribution in [0, 0.1) is 10.1 Å². The Morgan fingerprint density at radius 3 is 2.58 bits per heavy atom. The van der Waals surface area contributed by atoms with Crippen LogP contribution in [0.25, 0.3) is 0 Å². The Morgan fingerprint density at radius 1 is 1.26 bits per heavy atom. The molecule has 0 N–H and O–H groups in total. The minimum absolute atomic E-state index is 0.0114. The first kappa shape index (κ1) is 12.9. The van der Waals surface area contributed by atoms with Crippen LogP contribution in [0.5, 0.6) is 0 Å². The predicted molar refractivity (Wildman–Crippen MR) is 71.9 cm³/mol. The minimum atomic E-state index is -0.459. The smallest absolute Gasteiger partial charge is 0.287 e. The lowest BCUT2D eigenvalue weighted by Crippen LogP contribution is -2.23. The molecule has 6 nitrogen and oxygen atoms in total. The SMILES string of the molecule is CC(c1ccccn1)N(C)c1ccc([N+](=O)[O-])cn1. The van der Waals surface area contributed by atoms with Crippen molar-refractivity contribution < 1.29 is 4.92 Å². The maximum absolute atomic E-state index is 10.6. The lowest BCUT2D eigenvalue weighted by molar-refractivity contribution is -0.385. The van der Waals surface area contributed by atoms with Crippen LogP contribution in [0.3, 0.4) is 0 Å². The highest BCUT2D eigenvalue weighted by atomic mass is 16.6. The summed E-state index contributed by atoms with van der Waals surface area (Å²) in [7, 11) is 1.88. The average Bonchev–Trinajstić information content (AvgIpc) is 2.46. The lowest BCUT2D eigenvalue weighted by atomic mass is 10.2. The molecule has 2 aromatic rings. The summed E-state index contributed by atoms with van der Waals surface area (Å²) in [5.41, 5.74) is 0.910. The molecule has 0 aliphatic carbocycles. The van der Waals surface area contributed by atoms with Gasteiger partial charge in [-0.15, -0.1) is 0 Å². The van der Waals surface area contributed by atoms with E-state index in [1.165, 1.54) is 12.3 Å². The number of hydrogen-bond acceptors (Lipinski definition) is 5. The van der Waals surface area contributed by atoms with E-state index in [9.17, 15) is 10.1 Å². The molecule has 0 aliphatic heterocycles. The Bertz CT molecular complexity index is 557. The summed E-state index contributed by atoms with van der Waals surface area (Å²) in [6, 6.07) is 8.85. The summed E-state index contributed by atoms with van der Waals surface area (Å²) >= 11 is 0. The monoisotopic (exact) mass is 258 g/mol. The zero-order valence-corrected chi connectivity index (χ0v) is 10.7. The second kappa shape index (κ2) is 5.43. The van der Waals surface area contributed by atoms with Crippen LogP contribution >= 0.6 is 0 Å². The molecule has 1 atom stereocenters. The normalized spacial score (nSPS) is 11.9. The van der Waals surface area contributed by atoms with E-state index in [1.54, 1.807) is 12.3 Å². The van der Waals surface area contributed by atoms with E-state index in [4.69, 9.17) is 0 Å². The van der Waals surface area contributed by atoms with Gasteiger partial charge < -0.3 is 4.90 Å². The van der Waals surface area contributed by atoms with E-state index in [0.717, 1.165) is 5.69 Å². The van der Waals surface area contributed by atoms with E-state index in [2.05, 4.69) is 9.97 Å². The number of aromatic nitrogens is 2. The Kier molecular flexibility index (Phi) is 3.70. The largest absolute Gasteiger partial charge is 0.351 e. The van der Waals surface area contributed by atoms with Crippen molar-refractivity contribution >= 4 is 11.5 Å². The third-order valence-corrected chi connectivity index (χ3v) is 3.00. The van der Waals surface area contributed by atoms with Gasteiger partial charge in [0.1, 0.15) is 12.0 Å². The van der Waals surface area contributed by atoms with Crippen molar-refractivity contribution in [1.82, 2.24) is 9.97 Å². The Labute approximate surface area is 110 Å². The van der Waals surface area contributed by atoms with Gasteiger partial charge in [-0.2, -0.15) is 0 Å². The molecule has 0 fully saturated rings. The summed E-state index contributed by atoms with van der Waals surface area (Å²) in [5.74, 6) is 0.670. The molecule has 0 bridgehead atoms. The summed E-state index contributed by atoms with van der Waals surface area (Å²) in [6.07, 6.45) is 3.00. The molecule has 0 spiro atoms. The van der Waals surface area contributed by atoms with Crippen molar-refractivity contribution in [3.05, 3.63) is 58.5 Å². The minimum Gasteiger partial charge on any atom is -0.351 e. The van der Waals surface area contributed by atoms with Gasteiger partial charge in [-0.05, 0) is 25.1 Å². The maximum atomic E-state index is 10.6. The Morgan fingerprint density at radius 2 is 2.05 bits per heavy atom. The molecule has 0 aliphatic rings. The fourth-order valence-corrected chi connectivity index (χ4v) is 1.71. The zero-order valence-electron chi connectivity index (χ0n) is 10.7. The van der Waals surface area contributed by atoms with Crippen LogP contribution in [-0.2, 0) is 0 Å². The highest BCUT2D eigenvalue weighted by molar-refractivity contribution is 5.43. The van der Waals surface area contributed by atoms with Gasteiger partial charge in [0.25, 0.3) is 5.69 Å². The topological polar surface area (TPSA) is 72.2 Å². The molecule has 2 aromatic heterocycles. The van der Waals surface area contributed by atoms with Crippen molar-refractivity contribution in [2.45, 2.75) is 13.0 Å². The first-order valence-electron chi connectivity index (χ1n) is 5.84. The Balaban J connectivity index is 2.19. The molecule has 2 heterocycles. The third-order valence-electron chi connectivity index (χ3n) is 3.00. The van der Waals surface area contributed by atoms with Crippen LogP contribution < -0.4 is 4.90 Å². The van der Waals surface area contributed by atoms with Crippen LogP contribution in [-0.4, -0.2) is 21.9 Å². The first-order chi connectivity index (χ1) is 9.09. The van der Waals surface area contributed by atoms with Gasteiger partial charge in [0, 0.05) is 19.3 Å².